The van der Waals surface area contributed by atoms with Gasteiger partial charge in [-0.25, -0.2) is 0 Å². The van der Waals surface area contributed by atoms with Crippen LogP contribution in [0.2, 0.25) is 5.02 Å². The molecule has 0 aliphatic heterocycles. The summed E-state index contributed by atoms with van der Waals surface area (Å²) in [5, 5.41) is 28.2. The molecule has 0 aliphatic rings. The third kappa shape index (κ3) is 15.2. The Hall–Kier alpha value is -18.6. The molecule has 11 heteroatoms. The molecular weight excluding hydrogens is 1850 g/mol. The highest BCUT2D eigenvalue weighted by Gasteiger charge is 2.28. The summed E-state index contributed by atoms with van der Waals surface area (Å²) in [7, 11) is 0. The summed E-state index contributed by atoms with van der Waals surface area (Å²) in [6.07, 6.45) is 0. The molecule has 30 rings (SSSR count). The number of benzene rings is 24. The van der Waals surface area contributed by atoms with Gasteiger partial charge in [-0.2, -0.15) is 0 Å². The minimum atomic E-state index is 0.672. The minimum Gasteiger partial charge on any atom is -0.456 e. The molecule has 692 valence electrons. The number of aromatic nitrogens is 2. The Morgan fingerprint density at radius 2 is 0.544 bits per heavy atom. The minimum absolute atomic E-state index is 0.672. The van der Waals surface area contributed by atoms with Crippen molar-refractivity contribution in [2.75, 3.05) is 20.0 Å². The predicted octanol–water partition coefficient (Wildman–Crippen LogP) is 40.5. The lowest BCUT2D eigenvalue weighted by atomic mass is 9.93. The molecule has 0 radical (unpaired) electrons. The number of nitrogens with zero attached hydrogens (tertiary/aromatic N) is 5. The van der Waals surface area contributed by atoms with Crippen LogP contribution in [0.3, 0.4) is 0 Å². The van der Waals surface area contributed by atoms with Gasteiger partial charge in [0, 0.05) is 185 Å². The summed E-state index contributed by atoms with van der Waals surface area (Å²) in [5.74, 6) is 0. The molecule has 147 heavy (non-hydrogen) atoms. The Labute approximate surface area is 859 Å². The van der Waals surface area contributed by atoms with E-state index in [0.717, 1.165) is 151 Å². The number of hydrogen-bond acceptors (Lipinski definition) is 8. The van der Waals surface area contributed by atoms with Gasteiger partial charge in [-0.1, -0.05) is 315 Å². The van der Waals surface area contributed by atoms with Crippen LogP contribution in [0.5, 0.6) is 0 Å². The van der Waals surface area contributed by atoms with Crippen molar-refractivity contribution < 1.29 is 8.83 Å². The zero-order chi connectivity index (χ0) is 97.1. The molecule has 0 saturated carbocycles. The topological polar surface area (TPSA) is 57.9 Å². The fourth-order valence-electron chi connectivity index (χ4n) is 22.4. The van der Waals surface area contributed by atoms with E-state index < -0.39 is 0 Å². The molecular formula is C136H87ClN6O2S2. The normalized spacial score (nSPS) is 11.7. The van der Waals surface area contributed by atoms with E-state index in [1.54, 1.807) is 0 Å². The van der Waals surface area contributed by atoms with Gasteiger partial charge < -0.3 is 38.0 Å². The molecule has 0 saturated heterocycles. The largest absolute Gasteiger partial charge is 0.456 e. The Morgan fingerprint density at radius 1 is 0.204 bits per heavy atom. The van der Waals surface area contributed by atoms with E-state index in [9.17, 15) is 0 Å². The van der Waals surface area contributed by atoms with Crippen molar-refractivity contribution >= 4 is 268 Å². The molecule has 0 aliphatic carbocycles. The molecule has 0 atom stereocenters. The third-order valence-electron chi connectivity index (χ3n) is 28.9. The molecule has 6 heterocycles. The standard InChI is InChI=1S/C68H43N3OS.C50H31ClN2O.C18H13NS/c1-4-19-46(20-5-1)69(47-21-6-2-7-22-47)51-38-45(39-52(40-51)70(48-23-8-3-9-24-48)49-34-37-66-61(41-49)57-28-15-17-31-65(57)73-66)60-43-62-67(58-29-13-12-26-54(58)60)59-35-32-44-18-10-11-25-53(44)68(59)71(62)50-33-36-56-55-27-14-16-30-63(55)72-64(56)42-50;51-34-27-33(28-38(29-34)52(35-14-3-1-4-15-35)36-16-5-2-6-17-36)45-31-46-49(43-21-10-9-19-40(43)45)44-25-23-32-13-7-8-18-39(32)50(44)53(46)37-24-26-42-41-20-11-12-22-47(41)54-48(42)30-37;1-2-6-13(7-3-1)19-14-10-11-18-16(12-14)15-8-4-5-9-17(15)20-18/h1-43H;1-31H;1-12,19H. The van der Waals surface area contributed by atoms with Crippen LogP contribution in [0.25, 0.3) is 205 Å². The zero-order valence-corrected chi connectivity index (χ0v) is 81.8. The lowest BCUT2D eigenvalue weighted by Gasteiger charge is -2.30. The van der Waals surface area contributed by atoms with Gasteiger partial charge in [0.25, 0.3) is 0 Å². The van der Waals surface area contributed by atoms with Crippen LogP contribution in [0.4, 0.5) is 62.6 Å². The number of para-hydroxylation sites is 8. The van der Waals surface area contributed by atoms with Gasteiger partial charge >= 0.3 is 0 Å². The van der Waals surface area contributed by atoms with Crippen molar-refractivity contribution in [2.24, 2.45) is 0 Å². The molecule has 1 N–H and O–H groups in total. The van der Waals surface area contributed by atoms with Gasteiger partial charge in [0.15, 0.2) is 0 Å². The molecule has 0 fully saturated rings. The first kappa shape index (κ1) is 86.3. The first-order valence-electron chi connectivity index (χ1n) is 49.7. The summed E-state index contributed by atoms with van der Waals surface area (Å²) in [5.41, 5.74) is 26.3. The van der Waals surface area contributed by atoms with E-state index in [1.165, 1.54) is 116 Å². The van der Waals surface area contributed by atoms with E-state index in [2.05, 4.69) is 502 Å². The van der Waals surface area contributed by atoms with Gasteiger partial charge in [0.1, 0.15) is 22.3 Å². The van der Waals surface area contributed by atoms with Crippen molar-refractivity contribution in [3.8, 4) is 33.6 Å². The maximum atomic E-state index is 7.09. The fraction of sp³-hybridized carbons (Fsp3) is 0. The summed E-state index contributed by atoms with van der Waals surface area (Å²) in [6, 6.07) is 187. The van der Waals surface area contributed by atoms with Gasteiger partial charge in [-0.3, -0.25) is 0 Å². The first-order valence-corrected chi connectivity index (χ1v) is 51.7. The molecule has 8 nitrogen and oxygen atoms in total. The first-order chi connectivity index (χ1) is 72.8. The smallest absolute Gasteiger partial charge is 0.137 e. The van der Waals surface area contributed by atoms with Crippen molar-refractivity contribution in [1.82, 2.24) is 9.13 Å². The maximum Gasteiger partial charge on any atom is 0.137 e. The second kappa shape index (κ2) is 36.1. The third-order valence-corrected chi connectivity index (χ3v) is 31.4. The summed E-state index contributed by atoms with van der Waals surface area (Å²) in [6.45, 7) is 0. The second-order valence-corrected chi connectivity index (χ2v) is 40.1. The van der Waals surface area contributed by atoms with E-state index in [-0.39, 0.29) is 0 Å². The Morgan fingerprint density at radius 3 is 1.00 bits per heavy atom. The second-order valence-electron chi connectivity index (χ2n) is 37.5. The van der Waals surface area contributed by atoms with Crippen molar-refractivity contribution in [3.05, 3.63) is 527 Å². The molecule has 24 aromatic carbocycles. The van der Waals surface area contributed by atoms with Crippen molar-refractivity contribution in [2.45, 2.75) is 0 Å². The molecule has 30 aromatic rings. The van der Waals surface area contributed by atoms with Crippen LogP contribution in [0.15, 0.2) is 531 Å². The highest BCUT2D eigenvalue weighted by Crippen LogP contribution is 2.53. The molecule has 6 aromatic heterocycles. The van der Waals surface area contributed by atoms with E-state index in [4.69, 9.17) is 20.4 Å². The zero-order valence-electron chi connectivity index (χ0n) is 79.4. The number of anilines is 11. The van der Waals surface area contributed by atoms with Crippen molar-refractivity contribution in [3.63, 3.8) is 0 Å². The number of halogens is 1. The number of furan rings is 2. The Balaban J connectivity index is 0.000000123. The summed E-state index contributed by atoms with van der Waals surface area (Å²) < 4.78 is 23.2. The van der Waals surface area contributed by atoms with E-state index >= 15 is 0 Å². The molecule has 0 amide bonds. The molecule has 0 bridgehead atoms. The quantitative estimate of drug-likeness (QED) is 0.110. The van der Waals surface area contributed by atoms with Gasteiger partial charge in [-0.05, 0) is 261 Å². The molecule has 0 unspecified atom stereocenters. The van der Waals surface area contributed by atoms with Crippen LogP contribution in [0.1, 0.15) is 0 Å². The average molecular weight is 1940 g/mol. The maximum absolute atomic E-state index is 7.09. The Kier molecular flexibility index (Phi) is 21.2. The average Bonchev–Trinajstić information content (AvgIpc) is 1.55. The fourth-order valence-corrected chi connectivity index (χ4v) is 24.8. The van der Waals surface area contributed by atoms with Crippen LogP contribution in [-0.4, -0.2) is 9.13 Å². The number of nitrogens with one attached hydrogen (secondary N) is 1. The van der Waals surface area contributed by atoms with Crippen LogP contribution in [-0.2, 0) is 0 Å². The van der Waals surface area contributed by atoms with Crippen LogP contribution < -0.4 is 20.0 Å². The van der Waals surface area contributed by atoms with Crippen LogP contribution in [0, 0.1) is 0 Å². The van der Waals surface area contributed by atoms with E-state index in [0.29, 0.717) is 5.02 Å². The van der Waals surface area contributed by atoms with Gasteiger partial charge in [0.05, 0.1) is 22.1 Å². The number of thiophene rings is 2. The highest BCUT2D eigenvalue weighted by atomic mass is 35.5. The van der Waals surface area contributed by atoms with Crippen LogP contribution >= 0.6 is 34.3 Å². The number of rotatable bonds is 15. The van der Waals surface area contributed by atoms with Gasteiger partial charge in [0.2, 0.25) is 0 Å². The number of fused-ring (bicyclic) bond motifs is 26. The van der Waals surface area contributed by atoms with Crippen molar-refractivity contribution in [1.29, 1.82) is 0 Å². The molecule has 0 spiro atoms. The number of hydrogen-bond donors (Lipinski definition) is 1. The predicted molar refractivity (Wildman–Crippen MR) is 628 cm³/mol. The van der Waals surface area contributed by atoms with E-state index in [1.807, 2.05) is 71.2 Å². The lowest BCUT2D eigenvalue weighted by Crippen LogP contribution is -2.13. The SMILES string of the molecule is Clc1cc(-c2cc3c(c4ccccc24)c2ccc4ccccc4c2n3-c2ccc3c(c2)oc2ccccc23)cc(N(c2ccccc2)c2ccccc2)c1.c1ccc(N(c2ccccc2)c2cc(-c3cc4c(c5ccccc35)c3ccc5ccccc5c3n4-c3ccc4c(c3)oc3ccccc34)cc(N(c3ccccc3)c3ccc4sc5ccccc5c4c3)c2)cc1.c1ccc(Nc2ccc3sc4ccccc4c3c2)cc1. The monoisotopic (exact) mass is 1930 g/mol. The Bertz CT molecular complexity index is 10300. The lowest BCUT2D eigenvalue weighted by molar-refractivity contribution is 0.668. The van der Waals surface area contributed by atoms with Gasteiger partial charge in [-0.15, -0.1) is 22.7 Å². The summed E-state index contributed by atoms with van der Waals surface area (Å²) in [4.78, 5) is 7.08. The summed E-state index contributed by atoms with van der Waals surface area (Å²) >= 11 is 10.8. The highest BCUT2D eigenvalue weighted by molar-refractivity contribution is 7.26.